The third-order valence-corrected chi connectivity index (χ3v) is 12.2. The molecule has 0 bridgehead atoms. The first kappa shape index (κ1) is 34.9. The molecule has 2 heterocycles. The number of furan rings is 1. The van der Waals surface area contributed by atoms with Crippen molar-refractivity contribution in [1.82, 2.24) is 4.57 Å². The van der Waals surface area contributed by atoms with Crippen LogP contribution in [-0.2, 0) is 0 Å². The van der Waals surface area contributed by atoms with Crippen LogP contribution in [0, 0.1) is 0 Å². The molecule has 0 atom stereocenters. The van der Waals surface area contributed by atoms with Crippen LogP contribution in [0.1, 0.15) is 0 Å². The molecule has 0 aliphatic heterocycles. The van der Waals surface area contributed by atoms with Crippen molar-refractivity contribution in [3.63, 3.8) is 0 Å². The summed E-state index contributed by atoms with van der Waals surface area (Å²) in [4.78, 5) is 2.39. The number of fused-ring (bicyclic) bond motifs is 8. The van der Waals surface area contributed by atoms with Crippen LogP contribution in [0.2, 0.25) is 0 Å². The molecule has 0 amide bonds. The first-order chi connectivity index (χ1) is 30.2. The maximum Gasteiger partial charge on any atom is 0.143 e. The van der Waals surface area contributed by atoms with Crippen molar-refractivity contribution >= 4 is 71.6 Å². The molecule has 0 saturated heterocycles. The fraction of sp³-hybridized carbons (Fsp3) is 0. The summed E-state index contributed by atoms with van der Waals surface area (Å²) in [6.45, 7) is 0. The molecule has 0 radical (unpaired) electrons. The van der Waals surface area contributed by atoms with Crippen molar-refractivity contribution in [3.8, 4) is 39.1 Å². The summed E-state index contributed by atoms with van der Waals surface area (Å²) >= 11 is 0. The highest BCUT2D eigenvalue weighted by Crippen LogP contribution is 2.44. The van der Waals surface area contributed by atoms with Gasteiger partial charge in [0.15, 0.2) is 0 Å². The fourth-order valence-corrected chi connectivity index (χ4v) is 9.30. The minimum atomic E-state index is 0.878. The Morgan fingerprint density at radius 3 is 1.75 bits per heavy atom. The topological polar surface area (TPSA) is 21.3 Å². The highest BCUT2D eigenvalue weighted by molar-refractivity contribution is 6.15. The molecule has 61 heavy (non-hydrogen) atoms. The van der Waals surface area contributed by atoms with E-state index >= 15 is 0 Å². The van der Waals surface area contributed by atoms with Gasteiger partial charge in [-0.25, -0.2) is 0 Å². The number of anilines is 3. The van der Waals surface area contributed by atoms with Gasteiger partial charge in [-0.05, 0) is 106 Å². The van der Waals surface area contributed by atoms with Crippen molar-refractivity contribution in [2.75, 3.05) is 4.90 Å². The molecule has 12 aromatic rings. The van der Waals surface area contributed by atoms with E-state index in [0.717, 1.165) is 77.9 Å². The molecule has 0 fully saturated rings. The lowest BCUT2D eigenvalue weighted by molar-refractivity contribution is 0.673. The van der Waals surface area contributed by atoms with Gasteiger partial charge in [-0.3, -0.25) is 0 Å². The van der Waals surface area contributed by atoms with Gasteiger partial charge < -0.3 is 13.9 Å². The van der Waals surface area contributed by atoms with Gasteiger partial charge in [0, 0.05) is 49.6 Å². The predicted octanol–water partition coefficient (Wildman–Crippen LogP) is 16.3. The smallest absolute Gasteiger partial charge is 0.143 e. The molecule has 286 valence electrons. The highest BCUT2D eigenvalue weighted by atomic mass is 16.3. The average molecular weight is 779 g/mol. The standard InChI is InChI=1S/C58H38N2O/c1-2-14-39(15-3-1)42-17-12-19-46(36-42)59(54-25-9-6-21-48(54)44-31-34-52-53-35-30-41-16-4-5-22-49(41)58(53)61-57(52)38-44)45-32-28-40(29-33-45)43-18-13-20-47(37-43)60-55-26-10-7-23-50(55)51-24-8-11-27-56(51)60/h1-38H. The number of hydrogen-bond donors (Lipinski definition) is 0. The molecule has 3 nitrogen and oxygen atoms in total. The van der Waals surface area contributed by atoms with E-state index in [4.69, 9.17) is 4.42 Å². The van der Waals surface area contributed by atoms with Crippen LogP contribution in [0.25, 0.3) is 93.6 Å². The Labute approximate surface area is 353 Å². The van der Waals surface area contributed by atoms with E-state index in [-0.39, 0.29) is 0 Å². The fourth-order valence-electron chi connectivity index (χ4n) is 9.30. The first-order valence-electron chi connectivity index (χ1n) is 20.8. The predicted molar refractivity (Wildman–Crippen MR) is 257 cm³/mol. The van der Waals surface area contributed by atoms with E-state index in [1.54, 1.807) is 0 Å². The minimum Gasteiger partial charge on any atom is -0.455 e. The van der Waals surface area contributed by atoms with Crippen molar-refractivity contribution in [3.05, 3.63) is 231 Å². The quantitative estimate of drug-likeness (QED) is 0.161. The third-order valence-electron chi connectivity index (χ3n) is 12.2. The normalized spacial score (nSPS) is 11.6. The Bertz CT molecular complexity index is 3540. The molecule has 0 unspecified atom stereocenters. The minimum absolute atomic E-state index is 0.878. The number of para-hydroxylation sites is 3. The Hall–Kier alpha value is -8.14. The number of hydrogen-bond acceptors (Lipinski definition) is 2. The molecule has 0 N–H and O–H groups in total. The molecule has 10 aromatic carbocycles. The van der Waals surface area contributed by atoms with Gasteiger partial charge >= 0.3 is 0 Å². The van der Waals surface area contributed by atoms with E-state index in [9.17, 15) is 0 Å². The third kappa shape index (κ3) is 5.90. The zero-order chi connectivity index (χ0) is 40.3. The maximum absolute atomic E-state index is 6.68. The van der Waals surface area contributed by atoms with Crippen molar-refractivity contribution < 1.29 is 4.42 Å². The van der Waals surface area contributed by atoms with Crippen molar-refractivity contribution in [1.29, 1.82) is 0 Å². The van der Waals surface area contributed by atoms with Gasteiger partial charge in [-0.1, -0.05) is 158 Å². The number of benzene rings is 10. The van der Waals surface area contributed by atoms with E-state index in [2.05, 4.69) is 240 Å². The summed E-state index contributed by atoms with van der Waals surface area (Å²) in [5, 5.41) is 7.08. The molecule has 0 aliphatic carbocycles. The van der Waals surface area contributed by atoms with E-state index in [1.807, 2.05) is 0 Å². The van der Waals surface area contributed by atoms with Crippen LogP contribution in [0.4, 0.5) is 17.1 Å². The monoisotopic (exact) mass is 778 g/mol. The summed E-state index contributed by atoms with van der Waals surface area (Å²) in [6.07, 6.45) is 0. The first-order valence-corrected chi connectivity index (χ1v) is 20.8. The summed E-state index contributed by atoms with van der Waals surface area (Å²) in [5.41, 5.74) is 15.4. The number of rotatable bonds is 7. The Kier molecular flexibility index (Phi) is 8.17. The van der Waals surface area contributed by atoms with Crippen LogP contribution in [-0.4, -0.2) is 4.57 Å². The molecular formula is C58H38N2O. The van der Waals surface area contributed by atoms with Crippen molar-refractivity contribution in [2.24, 2.45) is 0 Å². The lowest BCUT2D eigenvalue weighted by Gasteiger charge is -2.28. The number of aromatic nitrogens is 1. The molecule has 0 saturated carbocycles. The van der Waals surface area contributed by atoms with Gasteiger partial charge in [0.2, 0.25) is 0 Å². The summed E-state index contributed by atoms with van der Waals surface area (Å²) in [7, 11) is 0. The van der Waals surface area contributed by atoms with Crippen molar-refractivity contribution in [2.45, 2.75) is 0 Å². The SMILES string of the molecule is c1ccc(-c2cccc(N(c3ccc(-c4cccc(-n5c6ccccc6c6ccccc65)c4)cc3)c3ccccc3-c3ccc4c(c3)oc3c5ccccc5ccc43)c2)cc1. The van der Waals surface area contributed by atoms with Crippen LogP contribution in [0.5, 0.6) is 0 Å². The molecule has 3 heteroatoms. The second-order valence-electron chi connectivity index (χ2n) is 15.7. The Morgan fingerprint density at radius 2 is 0.951 bits per heavy atom. The molecule has 2 aromatic heterocycles. The summed E-state index contributed by atoms with van der Waals surface area (Å²) in [6, 6.07) is 82.9. The highest BCUT2D eigenvalue weighted by Gasteiger charge is 2.20. The van der Waals surface area contributed by atoms with E-state index < -0.39 is 0 Å². The number of nitrogens with zero attached hydrogens (tertiary/aromatic N) is 2. The lowest BCUT2D eigenvalue weighted by Crippen LogP contribution is -2.11. The largest absolute Gasteiger partial charge is 0.455 e. The summed E-state index contributed by atoms with van der Waals surface area (Å²) < 4.78 is 9.06. The zero-order valence-electron chi connectivity index (χ0n) is 33.2. The molecule has 12 rings (SSSR count). The molecule has 0 spiro atoms. The zero-order valence-corrected chi connectivity index (χ0v) is 33.2. The Balaban J connectivity index is 0.981. The van der Waals surface area contributed by atoms with Crippen LogP contribution >= 0.6 is 0 Å². The van der Waals surface area contributed by atoms with Gasteiger partial charge in [0.05, 0.1) is 16.7 Å². The summed E-state index contributed by atoms with van der Waals surface area (Å²) in [5.74, 6) is 0. The van der Waals surface area contributed by atoms with Gasteiger partial charge in [-0.15, -0.1) is 0 Å². The lowest BCUT2D eigenvalue weighted by atomic mass is 9.98. The second-order valence-corrected chi connectivity index (χ2v) is 15.7. The van der Waals surface area contributed by atoms with Crippen LogP contribution < -0.4 is 4.90 Å². The molecular weight excluding hydrogens is 741 g/mol. The van der Waals surface area contributed by atoms with E-state index in [0.29, 0.717) is 0 Å². The second kappa shape index (κ2) is 14.3. The van der Waals surface area contributed by atoms with Gasteiger partial charge in [0.1, 0.15) is 11.2 Å². The van der Waals surface area contributed by atoms with E-state index in [1.165, 1.54) is 32.8 Å². The van der Waals surface area contributed by atoms with Gasteiger partial charge in [-0.2, -0.15) is 0 Å². The Morgan fingerprint density at radius 1 is 0.344 bits per heavy atom. The van der Waals surface area contributed by atoms with Gasteiger partial charge in [0.25, 0.3) is 0 Å². The maximum atomic E-state index is 6.68. The average Bonchev–Trinajstić information content (AvgIpc) is 3.88. The van der Waals surface area contributed by atoms with Crippen LogP contribution in [0.3, 0.4) is 0 Å². The van der Waals surface area contributed by atoms with Crippen LogP contribution in [0.15, 0.2) is 235 Å². The molecule has 0 aliphatic rings.